The third-order valence-corrected chi connectivity index (χ3v) is 4.54. The normalized spacial score (nSPS) is 17.2. The van der Waals surface area contributed by atoms with Gasteiger partial charge in [-0.05, 0) is 38.4 Å². The van der Waals surface area contributed by atoms with E-state index >= 15 is 0 Å². The van der Waals surface area contributed by atoms with Gasteiger partial charge in [-0.3, -0.25) is 14.5 Å². The first-order chi connectivity index (χ1) is 12.0. The average molecular weight is 342 g/mol. The SMILES string of the molecule is Cc1cc(NC(=O)[C@H](c2ccccc2)N2CCC(C(N)=O)CC2)no1. The molecule has 1 aromatic carbocycles. The molecular weight excluding hydrogens is 320 g/mol. The number of hydrogen-bond donors (Lipinski definition) is 2. The van der Waals surface area contributed by atoms with Crippen molar-refractivity contribution in [3.8, 4) is 0 Å². The summed E-state index contributed by atoms with van der Waals surface area (Å²) < 4.78 is 5.01. The van der Waals surface area contributed by atoms with Gasteiger partial charge in [0.1, 0.15) is 11.8 Å². The zero-order chi connectivity index (χ0) is 17.8. The fraction of sp³-hybridized carbons (Fsp3) is 0.389. The highest BCUT2D eigenvalue weighted by atomic mass is 16.5. The van der Waals surface area contributed by atoms with Crippen LogP contribution >= 0.6 is 0 Å². The van der Waals surface area contributed by atoms with Crippen LogP contribution in [-0.2, 0) is 9.59 Å². The highest BCUT2D eigenvalue weighted by Gasteiger charge is 2.32. The monoisotopic (exact) mass is 342 g/mol. The molecule has 0 saturated carbocycles. The molecule has 0 spiro atoms. The summed E-state index contributed by atoms with van der Waals surface area (Å²) >= 11 is 0. The van der Waals surface area contributed by atoms with Gasteiger partial charge in [0.25, 0.3) is 0 Å². The molecule has 1 aliphatic heterocycles. The molecular formula is C18H22N4O3. The van der Waals surface area contributed by atoms with E-state index in [1.807, 2.05) is 30.3 Å². The van der Waals surface area contributed by atoms with Gasteiger partial charge < -0.3 is 15.6 Å². The van der Waals surface area contributed by atoms with Gasteiger partial charge in [0.05, 0.1) is 0 Å². The number of piperidine rings is 1. The first-order valence-corrected chi connectivity index (χ1v) is 8.37. The fourth-order valence-corrected chi connectivity index (χ4v) is 3.23. The highest BCUT2D eigenvalue weighted by molar-refractivity contribution is 5.94. The number of hydrogen-bond acceptors (Lipinski definition) is 5. The van der Waals surface area contributed by atoms with Gasteiger partial charge in [-0.15, -0.1) is 0 Å². The zero-order valence-corrected chi connectivity index (χ0v) is 14.1. The molecule has 3 rings (SSSR count). The van der Waals surface area contributed by atoms with E-state index in [4.69, 9.17) is 10.3 Å². The van der Waals surface area contributed by atoms with Crippen LogP contribution in [0.25, 0.3) is 0 Å². The van der Waals surface area contributed by atoms with Crippen molar-refractivity contribution in [3.63, 3.8) is 0 Å². The van der Waals surface area contributed by atoms with Crippen LogP contribution in [-0.4, -0.2) is 35.0 Å². The maximum Gasteiger partial charge on any atom is 0.247 e. The first-order valence-electron chi connectivity index (χ1n) is 8.37. The molecule has 0 bridgehead atoms. The molecule has 2 heterocycles. The van der Waals surface area contributed by atoms with Crippen molar-refractivity contribution in [2.75, 3.05) is 18.4 Å². The van der Waals surface area contributed by atoms with E-state index in [0.717, 1.165) is 5.56 Å². The Bertz CT molecular complexity index is 736. The van der Waals surface area contributed by atoms with Crippen molar-refractivity contribution in [2.24, 2.45) is 11.7 Å². The Morgan fingerprint density at radius 3 is 2.52 bits per heavy atom. The number of nitrogens with two attached hydrogens (primary N) is 1. The molecule has 3 N–H and O–H groups in total. The topological polar surface area (TPSA) is 101 Å². The molecule has 1 aliphatic rings. The van der Waals surface area contributed by atoms with Crippen molar-refractivity contribution in [1.82, 2.24) is 10.1 Å². The Hall–Kier alpha value is -2.67. The van der Waals surface area contributed by atoms with Gasteiger partial charge in [-0.2, -0.15) is 0 Å². The molecule has 0 aliphatic carbocycles. The molecule has 2 amide bonds. The molecule has 0 radical (unpaired) electrons. The van der Waals surface area contributed by atoms with Gasteiger partial charge in [-0.1, -0.05) is 35.5 Å². The molecule has 25 heavy (non-hydrogen) atoms. The molecule has 0 unspecified atom stereocenters. The number of nitrogens with zero attached hydrogens (tertiary/aromatic N) is 2. The van der Waals surface area contributed by atoms with E-state index in [9.17, 15) is 9.59 Å². The minimum absolute atomic E-state index is 0.117. The Labute approximate surface area is 146 Å². The molecule has 132 valence electrons. The molecule has 7 heteroatoms. The number of rotatable bonds is 5. The van der Waals surface area contributed by atoms with Crippen molar-refractivity contribution in [3.05, 3.63) is 47.7 Å². The quantitative estimate of drug-likeness (QED) is 0.863. The van der Waals surface area contributed by atoms with Gasteiger partial charge in [-0.25, -0.2) is 0 Å². The highest BCUT2D eigenvalue weighted by Crippen LogP contribution is 2.28. The van der Waals surface area contributed by atoms with E-state index in [1.54, 1.807) is 13.0 Å². The molecule has 1 fully saturated rings. The summed E-state index contributed by atoms with van der Waals surface area (Å²) in [7, 11) is 0. The van der Waals surface area contributed by atoms with Gasteiger partial charge in [0, 0.05) is 12.0 Å². The van der Waals surface area contributed by atoms with Gasteiger partial charge >= 0.3 is 0 Å². The molecule has 1 atom stereocenters. The van der Waals surface area contributed by atoms with Crippen molar-refractivity contribution in [2.45, 2.75) is 25.8 Å². The summed E-state index contributed by atoms with van der Waals surface area (Å²) in [5.41, 5.74) is 6.31. The number of benzene rings is 1. The average Bonchev–Trinajstić information content (AvgIpc) is 3.01. The fourth-order valence-electron chi connectivity index (χ4n) is 3.23. The van der Waals surface area contributed by atoms with Crippen LogP contribution < -0.4 is 11.1 Å². The largest absolute Gasteiger partial charge is 0.369 e. The third kappa shape index (κ3) is 4.06. The third-order valence-electron chi connectivity index (χ3n) is 4.54. The summed E-state index contributed by atoms with van der Waals surface area (Å²) in [4.78, 5) is 26.4. The summed E-state index contributed by atoms with van der Waals surface area (Å²) in [5, 5.41) is 6.64. The molecule has 2 aromatic rings. The van der Waals surface area contributed by atoms with Crippen molar-refractivity contribution >= 4 is 17.6 Å². The Kier molecular flexibility index (Phi) is 5.14. The van der Waals surface area contributed by atoms with Crippen LogP contribution in [0.15, 0.2) is 40.9 Å². The van der Waals surface area contributed by atoms with E-state index in [0.29, 0.717) is 37.5 Å². The summed E-state index contributed by atoms with van der Waals surface area (Å²) in [6.07, 6.45) is 1.32. The number of nitrogens with one attached hydrogen (secondary N) is 1. The minimum Gasteiger partial charge on any atom is -0.369 e. The second-order valence-electron chi connectivity index (χ2n) is 6.34. The Balaban J connectivity index is 1.78. The Morgan fingerprint density at radius 1 is 1.28 bits per heavy atom. The summed E-state index contributed by atoms with van der Waals surface area (Å²) in [5.74, 6) is 0.480. The number of amides is 2. The number of carbonyl (C=O) groups is 2. The number of aryl methyl sites for hydroxylation is 1. The predicted octanol–water partition coefficient (Wildman–Crippen LogP) is 1.86. The lowest BCUT2D eigenvalue weighted by Gasteiger charge is -2.36. The first kappa shape index (κ1) is 17.2. The van der Waals surface area contributed by atoms with E-state index in [-0.39, 0.29) is 17.7 Å². The number of aromatic nitrogens is 1. The zero-order valence-electron chi connectivity index (χ0n) is 14.1. The maximum atomic E-state index is 12.9. The summed E-state index contributed by atoms with van der Waals surface area (Å²) in [6.45, 7) is 3.04. The van der Waals surface area contributed by atoms with Crippen LogP contribution in [0.5, 0.6) is 0 Å². The number of carbonyl (C=O) groups excluding carboxylic acids is 2. The summed E-state index contributed by atoms with van der Waals surface area (Å²) in [6, 6.07) is 10.8. The number of likely N-dealkylation sites (tertiary alicyclic amines) is 1. The standard InChI is InChI=1S/C18H22N4O3/c1-12-11-15(21-25-12)20-18(24)16(13-5-3-2-4-6-13)22-9-7-14(8-10-22)17(19)23/h2-6,11,14,16H,7-10H2,1H3,(H2,19,23)(H,20,21,24)/t16-/m0/s1. The second-order valence-corrected chi connectivity index (χ2v) is 6.34. The molecule has 7 nitrogen and oxygen atoms in total. The van der Waals surface area contributed by atoms with Gasteiger partial charge in [0.15, 0.2) is 5.82 Å². The lowest BCUT2D eigenvalue weighted by Crippen LogP contribution is -2.44. The molecule has 1 aromatic heterocycles. The van der Waals surface area contributed by atoms with Crippen LogP contribution in [0, 0.1) is 12.8 Å². The van der Waals surface area contributed by atoms with Crippen molar-refractivity contribution < 1.29 is 14.1 Å². The van der Waals surface area contributed by atoms with Crippen LogP contribution in [0.2, 0.25) is 0 Å². The number of primary amides is 1. The minimum atomic E-state index is -0.452. The smallest absolute Gasteiger partial charge is 0.247 e. The van der Waals surface area contributed by atoms with Crippen molar-refractivity contribution in [1.29, 1.82) is 0 Å². The molecule has 1 saturated heterocycles. The van der Waals surface area contributed by atoms with E-state index in [2.05, 4.69) is 15.4 Å². The Morgan fingerprint density at radius 2 is 1.96 bits per heavy atom. The van der Waals surface area contributed by atoms with Crippen LogP contribution in [0.4, 0.5) is 5.82 Å². The second kappa shape index (κ2) is 7.48. The van der Waals surface area contributed by atoms with Gasteiger partial charge in [0.2, 0.25) is 11.8 Å². The maximum absolute atomic E-state index is 12.9. The lowest BCUT2D eigenvalue weighted by molar-refractivity contribution is -0.125. The van der Waals surface area contributed by atoms with E-state index < -0.39 is 6.04 Å². The van der Waals surface area contributed by atoms with Crippen LogP contribution in [0.1, 0.15) is 30.2 Å². The number of anilines is 1. The lowest BCUT2D eigenvalue weighted by atomic mass is 9.93. The predicted molar refractivity (Wildman–Crippen MR) is 92.5 cm³/mol. The van der Waals surface area contributed by atoms with E-state index in [1.165, 1.54) is 0 Å². The van der Waals surface area contributed by atoms with Crippen LogP contribution in [0.3, 0.4) is 0 Å².